The van der Waals surface area contributed by atoms with Crippen LogP contribution in [0.4, 0.5) is 0 Å². The van der Waals surface area contributed by atoms with Gasteiger partial charge >= 0.3 is 5.97 Å². The van der Waals surface area contributed by atoms with E-state index >= 15 is 0 Å². The number of thioether (sulfide) groups is 1. The number of amides is 1. The van der Waals surface area contributed by atoms with Crippen LogP contribution in [-0.2, 0) is 26.7 Å². The SMILES string of the molecule is CC1(C)S[C@H]2N(C(=O)C23CC=C(C(=O)Oc2ccc4ccccc4c2)C3C(=O)c2ccccc2)[C@H]1C(O)(OCc1ccccc1)c1ccccc1. The van der Waals surface area contributed by atoms with Gasteiger partial charge in [0.1, 0.15) is 11.8 Å². The Kier molecular flexibility index (Phi) is 8.21. The number of rotatable bonds is 9. The zero-order valence-corrected chi connectivity index (χ0v) is 29.1. The van der Waals surface area contributed by atoms with E-state index in [1.54, 1.807) is 59.5 Å². The number of hydrogen-bond donors (Lipinski definition) is 1. The largest absolute Gasteiger partial charge is 0.423 e. The van der Waals surface area contributed by atoms with E-state index < -0.39 is 39.3 Å². The van der Waals surface area contributed by atoms with Crippen molar-refractivity contribution in [2.75, 3.05) is 0 Å². The number of allylic oxidation sites excluding steroid dienone is 1. The van der Waals surface area contributed by atoms with Crippen molar-refractivity contribution in [3.05, 3.63) is 162 Å². The van der Waals surface area contributed by atoms with Gasteiger partial charge in [0, 0.05) is 21.4 Å². The van der Waals surface area contributed by atoms with Crippen LogP contribution < -0.4 is 4.74 Å². The molecule has 1 aliphatic carbocycles. The van der Waals surface area contributed by atoms with Gasteiger partial charge in [0.05, 0.1) is 23.3 Å². The highest BCUT2D eigenvalue weighted by molar-refractivity contribution is 8.01. The maximum absolute atomic E-state index is 14.9. The van der Waals surface area contributed by atoms with E-state index in [4.69, 9.17) is 9.47 Å². The van der Waals surface area contributed by atoms with Gasteiger partial charge in [0.25, 0.3) is 0 Å². The second-order valence-electron chi connectivity index (χ2n) is 14.0. The van der Waals surface area contributed by atoms with Gasteiger partial charge in [-0.3, -0.25) is 9.59 Å². The zero-order chi connectivity index (χ0) is 35.4. The van der Waals surface area contributed by atoms with E-state index in [2.05, 4.69) is 0 Å². The summed E-state index contributed by atoms with van der Waals surface area (Å²) < 4.78 is 11.7. The molecule has 3 aliphatic rings. The molecule has 0 bridgehead atoms. The van der Waals surface area contributed by atoms with E-state index in [9.17, 15) is 19.5 Å². The van der Waals surface area contributed by atoms with E-state index in [-0.39, 0.29) is 30.3 Å². The Morgan fingerprint density at radius 1 is 0.843 bits per heavy atom. The van der Waals surface area contributed by atoms with Crippen LogP contribution in [0.15, 0.2) is 145 Å². The highest BCUT2D eigenvalue weighted by Gasteiger charge is 2.77. The average molecular weight is 696 g/mol. The van der Waals surface area contributed by atoms with Crippen molar-refractivity contribution < 1.29 is 29.0 Å². The predicted octanol–water partition coefficient (Wildman–Crippen LogP) is 7.69. The fraction of sp³-hybridized carbons (Fsp3) is 0.233. The van der Waals surface area contributed by atoms with Crippen LogP contribution in [0.25, 0.3) is 10.8 Å². The van der Waals surface area contributed by atoms with Crippen molar-refractivity contribution in [1.29, 1.82) is 0 Å². The van der Waals surface area contributed by atoms with E-state index in [1.807, 2.05) is 98.8 Å². The zero-order valence-electron chi connectivity index (χ0n) is 28.3. The standard InChI is InChI=1S/C43H37NO6S/c1-41(2)38(43(48,32-20-10-5-11-21-32)49-27-28-14-6-3-7-15-28)44-39(47)42(40(44)51-41)25-24-34(35(42)36(45)30-17-8-4-9-18-30)37(46)50-33-23-22-29-16-12-13-19-31(29)26-33/h3-24,26,35,38,40,48H,25,27H2,1-2H3/t35?,38-,40-,42?,43?/m1/s1. The molecule has 2 fully saturated rings. The molecule has 2 saturated heterocycles. The van der Waals surface area contributed by atoms with Crippen LogP contribution in [0.5, 0.6) is 5.75 Å². The van der Waals surface area contributed by atoms with Gasteiger partial charge in [0.15, 0.2) is 5.78 Å². The van der Waals surface area contributed by atoms with E-state index in [0.29, 0.717) is 16.9 Å². The molecule has 8 heteroatoms. The first-order valence-electron chi connectivity index (χ1n) is 17.1. The molecule has 2 aliphatic heterocycles. The van der Waals surface area contributed by atoms with Crippen LogP contribution in [0.1, 0.15) is 41.8 Å². The maximum Gasteiger partial charge on any atom is 0.339 e. The van der Waals surface area contributed by atoms with Gasteiger partial charge < -0.3 is 19.5 Å². The smallest absolute Gasteiger partial charge is 0.339 e. The number of nitrogens with zero attached hydrogens (tertiary/aromatic N) is 1. The molecular formula is C43H37NO6S. The summed E-state index contributed by atoms with van der Waals surface area (Å²) in [5.74, 6) is -3.89. The number of benzene rings is 5. The Morgan fingerprint density at radius 3 is 2.18 bits per heavy atom. The Bertz CT molecular complexity index is 2170. The van der Waals surface area contributed by atoms with Gasteiger partial charge in [-0.2, -0.15) is 0 Å². The van der Waals surface area contributed by atoms with Crippen LogP contribution in [-0.4, -0.2) is 43.8 Å². The number of esters is 1. The minimum Gasteiger partial charge on any atom is -0.423 e. The van der Waals surface area contributed by atoms with Gasteiger partial charge in [-0.05, 0) is 48.7 Å². The number of ketones is 1. The minimum absolute atomic E-state index is 0.114. The normalized spacial score (nSPS) is 24.5. The highest BCUT2D eigenvalue weighted by atomic mass is 32.2. The summed E-state index contributed by atoms with van der Waals surface area (Å²) in [6, 6.07) is 39.9. The Balaban J connectivity index is 1.16. The third-order valence-corrected chi connectivity index (χ3v) is 12.2. The molecule has 5 aromatic carbocycles. The summed E-state index contributed by atoms with van der Waals surface area (Å²) in [5, 5.41) is 14.1. The molecule has 1 amide bonds. The number of carbonyl (C=O) groups is 3. The van der Waals surface area contributed by atoms with Crippen molar-refractivity contribution in [2.24, 2.45) is 11.3 Å². The molecule has 7 nitrogen and oxygen atoms in total. The molecule has 0 radical (unpaired) electrons. The molecule has 5 atom stereocenters. The second kappa shape index (κ2) is 12.6. The average Bonchev–Trinajstić information content (AvgIpc) is 3.70. The molecule has 1 spiro atoms. The lowest BCUT2D eigenvalue weighted by Crippen LogP contribution is -2.73. The fourth-order valence-corrected chi connectivity index (χ4v) is 10.0. The van der Waals surface area contributed by atoms with Crippen LogP contribution in [0.2, 0.25) is 0 Å². The topological polar surface area (TPSA) is 93.1 Å². The van der Waals surface area contributed by atoms with Crippen LogP contribution in [0.3, 0.4) is 0 Å². The molecule has 3 unspecified atom stereocenters. The number of Topliss-reactive ketones (excluding diaryl/α,β-unsaturated/α-hetero) is 1. The quantitative estimate of drug-likeness (QED) is 0.0556. The number of hydrogen-bond acceptors (Lipinski definition) is 7. The van der Waals surface area contributed by atoms with Crippen LogP contribution >= 0.6 is 11.8 Å². The van der Waals surface area contributed by atoms with E-state index in [1.165, 1.54) is 11.8 Å². The molecule has 2 heterocycles. The van der Waals surface area contributed by atoms with Gasteiger partial charge in [0.2, 0.25) is 11.7 Å². The summed E-state index contributed by atoms with van der Waals surface area (Å²) in [4.78, 5) is 45.2. The molecule has 1 N–H and O–H groups in total. The summed E-state index contributed by atoms with van der Waals surface area (Å²) in [5.41, 5.74) is 0.727. The van der Waals surface area contributed by atoms with Crippen molar-refractivity contribution >= 4 is 40.2 Å². The van der Waals surface area contributed by atoms with Gasteiger partial charge in [-0.1, -0.05) is 127 Å². The summed E-state index contributed by atoms with van der Waals surface area (Å²) in [6.07, 6.45) is 1.89. The number of fused-ring (bicyclic) bond motifs is 3. The maximum atomic E-state index is 14.9. The Morgan fingerprint density at radius 2 is 1.47 bits per heavy atom. The molecular weight excluding hydrogens is 659 g/mol. The second-order valence-corrected chi connectivity index (χ2v) is 15.7. The van der Waals surface area contributed by atoms with Gasteiger partial charge in [-0.25, -0.2) is 4.79 Å². The Labute approximate surface area is 300 Å². The molecule has 8 rings (SSSR count). The van der Waals surface area contributed by atoms with E-state index in [0.717, 1.165) is 16.3 Å². The van der Waals surface area contributed by atoms with Crippen LogP contribution in [0, 0.1) is 11.3 Å². The molecule has 5 aromatic rings. The van der Waals surface area contributed by atoms with Gasteiger partial charge in [-0.15, -0.1) is 11.8 Å². The van der Waals surface area contributed by atoms with Crippen molar-refractivity contribution in [2.45, 2.75) is 48.8 Å². The molecule has 51 heavy (non-hydrogen) atoms. The summed E-state index contributed by atoms with van der Waals surface area (Å²) in [6.45, 7) is 4.10. The van der Waals surface area contributed by atoms with Crippen molar-refractivity contribution in [1.82, 2.24) is 4.90 Å². The highest BCUT2D eigenvalue weighted by Crippen LogP contribution is 2.68. The molecule has 0 aromatic heterocycles. The lowest BCUT2D eigenvalue weighted by atomic mass is 9.64. The molecule has 256 valence electrons. The number of β-lactam (4-membered cyclic amide) rings is 1. The number of carbonyl (C=O) groups excluding carboxylic acids is 3. The number of aliphatic hydroxyl groups is 1. The molecule has 0 saturated carbocycles. The summed E-state index contributed by atoms with van der Waals surface area (Å²) in [7, 11) is 0. The monoisotopic (exact) mass is 695 g/mol. The first-order valence-corrected chi connectivity index (χ1v) is 18.0. The third-order valence-electron chi connectivity index (χ3n) is 10.5. The minimum atomic E-state index is -1.89. The summed E-state index contributed by atoms with van der Waals surface area (Å²) >= 11 is 1.53. The third kappa shape index (κ3) is 5.41. The number of ether oxygens (including phenoxy) is 2. The first-order chi connectivity index (χ1) is 24.6. The Hall–Kier alpha value is -5.02. The lowest BCUT2D eigenvalue weighted by molar-refractivity contribution is -0.270. The predicted molar refractivity (Wildman–Crippen MR) is 197 cm³/mol. The lowest BCUT2D eigenvalue weighted by Gasteiger charge is -2.56. The fourth-order valence-electron chi connectivity index (χ4n) is 8.15. The van der Waals surface area contributed by atoms with Crippen molar-refractivity contribution in [3.63, 3.8) is 0 Å². The first kappa shape index (κ1) is 33.1. The van der Waals surface area contributed by atoms with Crippen molar-refractivity contribution in [3.8, 4) is 5.75 Å².